The van der Waals surface area contributed by atoms with Gasteiger partial charge in [-0.05, 0) is 62.6 Å². The topological polar surface area (TPSA) is 32.3 Å². The molecule has 1 N–H and O–H groups in total. The highest BCUT2D eigenvalue weighted by Crippen LogP contribution is 2.22. The predicted molar refractivity (Wildman–Crippen MR) is 101 cm³/mol. The summed E-state index contributed by atoms with van der Waals surface area (Å²) >= 11 is 0. The molecular formula is C21H26N2O. The average molecular weight is 322 g/mol. The number of anilines is 2. The first kappa shape index (κ1) is 16.6. The fraction of sp³-hybridized carbons (Fsp3) is 0.381. The van der Waals surface area contributed by atoms with E-state index in [0.717, 1.165) is 29.9 Å². The van der Waals surface area contributed by atoms with Crippen LogP contribution in [0.2, 0.25) is 0 Å². The SMILES string of the molecule is Cc1ccc(C(=O)Nc2ccc(N3CCCCCC3)cc2)c(C)c1. The van der Waals surface area contributed by atoms with Crippen molar-refractivity contribution in [2.24, 2.45) is 0 Å². The normalized spacial score (nSPS) is 15.0. The zero-order chi connectivity index (χ0) is 16.9. The number of carbonyl (C=O) groups excluding carboxylic acids is 1. The summed E-state index contributed by atoms with van der Waals surface area (Å²) in [5, 5.41) is 3.00. The molecule has 1 heterocycles. The highest BCUT2D eigenvalue weighted by molar-refractivity contribution is 6.05. The Kier molecular flexibility index (Phi) is 5.19. The van der Waals surface area contributed by atoms with Crippen molar-refractivity contribution in [2.45, 2.75) is 39.5 Å². The van der Waals surface area contributed by atoms with Crippen molar-refractivity contribution < 1.29 is 4.79 Å². The zero-order valence-electron chi connectivity index (χ0n) is 14.6. The number of aryl methyl sites for hydroxylation is 2. The molecule has 3 heteroatoms. The summed E-state index contributed by atoms with van der Waals surface area (Å²) < 4.78 is 0. The maximum atomic E-state index is 12.5. The van der Waals surface area contributed by atoms with Gasteiger partial charge in [0, 0.05) is 30.0 Å². The summed E-state index contributed by atoms with van der Waals surface area (Å²) in [4.78, 5) is 14.9. The quantitative estimate of drug-likeness (QED) is 0.868. The molecule has 0 saturated carbocycles. The standard InChI is InChI=1S/C21H26N2O/c1-16-7-12-20(17(2)15-16)21(24)22-18-8-10-19(11-9-18)23-13-5-3-4-6-14-23/h7-12,15H,3-6,13-14H2,1-2H3,(H,22,24). The number of hydrogen-bond acceptors (Lipinski definition) is 2. The maximum Gasteiger partial charge on any atom is 0.255 e. The van der Waals surface area contributed by atoms with Crippen molar-refractivity contribution >= 4 is 17.3 Å². The summed E-state index contributed by atoms with van der Waals surface area (Å²) in [5.74, 6) is -0.0463. The van der Waals surface area contributed by atoms with Gasteiger partial charge in [-0.1, -0.05) is 30.5 Å². The van der Waals surface area contributed by atoms with Gasteiger partial charge < -0.3 is 10.2 Å². The van der Waals surface area contributed by atoms with Gasteiger partial charge in [0.25, 0.3) is 5.91 Å². The molecular weight excluding hydrogens is 296 g/mol. The first-order valence-electron chi connectivity index (χ1n) is 8.87. The second-order valence-electron chi connectivity index (χ2n) is 6.72. The molecule has 1 aliphatic rings. The Bertz CT molecular complexity index is 698. The number of amides is 1. The van der Waals surface area contributed by atoms with Crippen LogP contribution in [0, 0.1) is 13.8 Å². The highest BCUT2D eigenvalue weighted by Gasteiger charge is 2.11. The molecule has 2 aromatic rings. The Balaban J connectivity index is 1.68. The molecule has 24 heavy (non-hydrogen) atoms. The molecule has 2 aromatic carbocycles. The lowest BCUT2D eigenvalue weighted by Gasteiger charge is -2.22. The Morgan fingerprint density at radius 1 is 0.917 bits per heavy atom. The molecule has 126 valence electrons. The molecule has 0 radical (unpaired) electrons. The lowest BCUT2D eigenvalue weighted by molar-refractivity contribution is 0.102. The van der Waals surface area contributed by atoms with Gasteiger partial charge in [-0.15, -0.1) is 0 Å². The van der Waals surface area contributed by atoms with Gasteiger partial charge in [0.1, 0.15) is 0 Å². The van der Waals surface area contributed by atoms with Gasteiger partial charge in [-0.2, -0.15) is 0 Å². The Morgan fingerprint density at radius 3 is 2.21 bits per heavy atom. The molecule has 1 saturated heterocycles. The van der Waals surface area contributed by atoms with E-state index in [9.17, 15) is 4.79 Å². The van der Waals surface area contributed by atoms with E-state index < -0.39 is 0 Å². The van der Waals surface area contributed by atoms with Gasteiger partial charge in [0.05, 0.1) is 0 Å². The predicted octanol–water partition coefficient (Wildman–Crippen LogP) is 4.94. The van der Waals surface area contributed by atoms with Crippen LogP contribution in [0.1, 0.15) is 47.2 Å². The van der Waals surface area contributed by atoms with E-state index in [4.69, 9.17) is 0 Å². The fourth-order valence-corrected chi connectivity index (χ4v) is 3.35. The van der Waals surface area contributed by atoms with Crippen LogP contribution in [0.5, 0.6) is 0 Å². The van der Waals surface area contributed by atoms with Crippen LogP contribution >= 0.6 is 0 Å². The maximum absolute atomic E-state index is 12.5. The molecule has 3 nitrogen and oxygen atoms in total. The third kappa shape index (κ3) is 3.97. The smallest absolute Gasteiger partial charge is 0.255 e. The first-order chi connectivity index (χ1) is 11.6. The van der Waals surface area contributed by atoms with Crippen LogP contribution in [0.15, 0.2) is 42.5 Å². The third-order valence-electron chi connectivity index (χ3n) is 4.72. The number of nitrogens with zero attached hydrogens (tertiary/aromatic N) is 1. The summed E-state index contributed by atoms with van der Waals surface area (Å²) in [6, 6.07) is 14.1. The minimum absolute atomic E-state index is 0.0463. The summed E-state index contributed by atoms with van der Waals surface area (Å²) in [7, 11) is 0. The molecule has 3 rings (SSSR count). The molecule has 1 fully saturated rings. The van der Waals surface area contributed by atoms with E-state index in [-0.39, 0.29) is 5.91 Å². The summed E-state index contributed by atoms with van der Waals surface area (Å²) in [6.07, 6.45) is 5.21. The van der Waals surface area contributed by atoms with E-state index in [2.05, 4.69) is 22.3 Å². The number of rotatable bonds is 3. The first-order valence-corrected chi connectivity index (χ1v) is 8.87. The number of hydrogen-bond donors (Lipinski definition) is 1. The molecule has 0 atom stereocenters. The molecule has 0 unspecified atom stereocenters. The van der Waals surface area contributed by atoms with Gasteiger partial charge in [0.2, 0.25) is 0 Å². The Labute approximate surface area is 144 Å². The molecule has 0 aromatic heterocycles. The van der Waals surface area contributed by atoms with Crippen LogP contribution in [-0.2, 0) is 0 Å². The molecule has 1 aliphatic heterocycles. The van der Waals surface area contributed by atoms with Gasteiger partial charge in [-0.25, -0.2) is 0 Å². The van der Waals surface area contributed by atoms with Crippen molar-refractivity contribution in [2.75, 3.05) is 23.3 Å². The van der Waals surface area contributed by atoms with Gasteiger partial charge >= 0.3 is 0 Å². The third-order valence-corrected chi connectivity index (χ3v) is 4.72. The number of benzene rings is 2. The van der Waals surface area contributed by atoms with Crippen molar-refractivity contribution in [1.29, 1.82) is 0 Å². The molecule has 1 amide bonds. The minimum Gasteiger partial charge on any atom is -0.372 e. The summed E-state index contributed by atoms with van der Waals surface area (Å²) in [5.41, 5.74) is 5.01. The van der Waals surface area contributed by atoms with Crippen LogP contribution in [-0.4, -0.2) is 19.0 Å². The van der Waals surface area contributed by atoms with Gasteiger partial charge in [-0.3, -0.25) is 4.79 Å². The number of nitrogens with one attached hydrogen (secondary N) is 1. The van der Waals surface area contributed by atoms with E-state index in [1.165, 1.54) is 36.9 Å². The van der Waals surface area contributed by atoms with E-state index in [1.54, 1.807) is 0 Å². The number of carbonyl (C=O) groups is 1. The Morgan fingerprint density at radius 2 is 1.58 bits per heavy atom. The average Bonchev–Trinajstić information content (AvgIpc) is 2.84. The van der Waals surface area contributed by atoms with E-state index in [1.807, 2.05) is 44.2 Å². The second kappa shape index (κ2) is 7.52. The van der Waals surface area contributed by atoms with Crippen molar-refractivity contribution in [3.8, 4) is 0 Å². The fourth-order valence-electron chi connectivity index (χ4n) is 3.35. The molecule has 0 aliphatic carbocycles. The zero-order valence-corrected chi connectivity index (χ0v) is 14.6. The molecule has 0 bridgehead atoms. The van der Waals surface area contributed by atoms with Crippen molar-refractivity contribution in [1.82, 2.24) is 0 Å². The van der Waals surface area contributed by atoms with Crippen LogP contribution in [0.3, 0.4) is 0 Å². The lowest BCUT2D eigenvalue weighted by atomic mass is 10.1. The van der Waals surface area contributed by atoms with E-state index >= 15 is 0 Å². The van der Waals surface area contributed by atoms with Crippen molar-refractivity contribution in [3.05, 3.63) is 59.2 Å². The van der Waals surface area contributed by atoms with Crippen LogP contribution in [0.4, 0.5) is 11.4 Å². The monoisotopic (exact) mass is 322 g/mol. The van der Waals surface area contributed by atoms with Crippen molar-refractivity contribution in [3.63, 3.8) is 0 Å². The largest absolute Gasteiger partial charge is 0.372 e. The van der Waals surface area contributed by atoms with Crippen LogP contribution in [0.25, 0.3) is 0 Å². The molecule has 0 spiro atoms. The summed E-state index contributed by atoms with van der Waals surface area (Å²) in [6.45, 7) is 6.28. The second-order valence-corrected chi connectivity index (χ2v) is 6.72. The van der Waals surface area contributed by atoms with Crippen LogP contribution < -0.4 is 10.2 Å². The van der Waals surface area contributed by atoms with Gasteiger partial charge in [0.15, 0.2) is 0 Å². The van der Waals surface area contributed by atoms with E-state index in [0.29, 0.717) is 0 Å². The minimum atomic E-state index is -0.0463. The Hall–Kier alpha value is -2.29. The highest BCUT2D eigenvalue weighted by atomic mass is 16.1. The lowest BCUT2D eigenvalue weighted by Crippen LogP contribution is -2.23.